The Balaban J connectivity index is 1.29. The molecule has 256 valence electrons. The zero-order valence-corrected chi connectivity index (χ0v) is 29.6. The van der Waals surface area contributed by atoms with Crippen molar-refractivity contribution in [3.8, 4) is 34.0 Å². The van der Waals surface area contributed by atoms with E-state index >= 15 is 0 Å². The van der Waals surface area contributed by atoms with E-state index in [-0.39, 0.29) is 56.0 Å². The summed E-state index contributed by atoms with van der Waals surface area (Å²) in [6.45, 7) is 5.87. The summed E-state index contributed by atoms with van der Waals surface area (Å²) in [6.07, 6.45) is 1.55. The number of rotatable bonds is 2. The Morgan fingerprint density at radius 3 is 1.49 bits per heavy atom. The van der Waals surface area contributed by atoms with Crippen LogP contribution in [0.25, 0.3) is 20.9 Å². The van der Waals surface area contributed by atoms with Gasteiger partial charge in [0.2, 0.25) is 11.6 Å². The number of ketones is 2. The molecule has 13 heteroatoms. The number of carbonyl (C=O) groups is 2. The number of halogens is 3. The molecule has 0 unspecified atom stereocenters. The Kier molecular flexibility index (Phi) is 7.60. The van der Waals surface area contributed by atoms with Gasteiger partial charge < -0.3 is 0 Å². The largest absolute Gasteiger partial charge is 0.287 e. The fourth-order valence-corrected chi connectivity index (χ4v) is 10.5. The SMILES string of the molecule is Cc1cc2c(cc1F)C(=O)C(=Nc1cc3c(s1)-c1sc(N=C4C(=O)c5cc(F)c(F)cc5C4=C(C#N)C#N)cc1C31C[C@H](C)[C@@H](C)C1)C2=C(C#N)C#N. The Morgan fingerprint density at radius 1 is 0.660 bits per heavy atom. The molecule has 8 nitrogen and oxygen atoms in total. The average Bonchev–Trinajstić information content (AvgIpc) is 3.95. The van der Waals surface area contributed by atoms with Gasteiger partial charge in [0.05, 0.1) is 9.75 Å². The van der Waals surface area contributed by atoms with Crippen molar-refractivity contribution in [1.29, 1.82) is 21.0 Å². The molecule has 2 aromatic carbocycles. The van der Waals surface area contributed by atoms with Crippen LogP contribution in [0.2, 0.25) is 0 Å². The Labute approximate surface area is 308 Å². The van der Waals surface area contributed by atoms with Crippen LogP contribution in [-0.4, -0.2) is 23.0 Å². The van der Waals surface area contributed by atoms with E-state index in [1.165, 1.54) is 35.7 Å². The van der Waals surface area contributed by atoms with E-state index in [4.69, 9.17) is 4.99 Å². The molecule has 2 atom stereocenters. The third kappa shape index (κ3) is 4.75. The average molecular weight is 739 g/mol. The molecule has 1 saturated carbocycles. The number of aryl methyl sites for hydroxylation is 1. The maximum atomic E-state index is 14.6. The molecule has 1 fully saturated rings. The van der Waals surface area contributed by atoms with Crippen molar-refractivity contribution in [3.05, 3.63) is 104 Å². The smallest absolute Gasteiger partial charge is 0.212 e. The molecule has 0 N–H and O–H groups in total. The molecule has 1 spiro atoms. The predicted octanol–water partition coefficient (Wildman–Crippen LogP) is 9.41. The molecule has 0 amide bonds. The van der Waals surface area contributed by atoms with E-state index in [0.717, 1.165) is 51.9 Å². The maximum absolute atomic E-state index is 14.6. The highest BCUT2D eigenvalue weighted by molar-refractivity contribution is 7.26. The summed E-state index contributed by atoms with van der Waals surface area (Å²) in [5.74, 6) is -3.77. The van der Waals surface area contributed by atoms with Crippen molar-refractivity contribution in [2.75, 3.05) is 0 Å². The minimum Gasteiger partial charge on any atom is -0.287 e. The highest BCUT2D eigenvalue weighted by atomic mass is 32.1. The lowest BCUT2D eigenvalue weighted by Crippen LogP contribution is -2.20. The summed E-state index contributed by atoms with van der Waals surface area (Å²) in [4.78, 5) is 38.4. The van der Waals surface area contributed by atoms with Gasteiger partial charge in [-0.1, -0.05) is 13.8 Å². The Bertz CT molecular complexity index is 2540. The van der Waals surface area contributed by atoms with Crippen LogP contribution in [0.3, 0.4) is 0 Å². The minimum absolute atomic E-state index is 0.0200. The number of nitriles is 4. The normalized spacial score (nSPS) is 20.3. The van der Waals surface area contributed by atoms with Gasteiger partial charge in [0, 0.05) is 33.3 Å². The molecule has 0 bridgehead atoms. The molecule has 53 heavy (non-hydrogen) atoms. The van der Waals surface area contributed by atoms with Gasteiger partial charge in [-0.2, -0.15) is 21.0 Å². The first-order chi connectivity index (χ1) is 25.3. The third-order valence-electron chi connectivity index (χ3n) is 10.7. The first kappa shape index (κ1) is 33.9. The molecular formula is C40H21F3N6O2S2. The first-order valence-corrected chi connectivity index (χ1v) is 17.9. The number of aliphatic imine (C=N–C) groups is 2. The maximum Gasteiger partial charge on any atom is 0.212 e. The number of hydrogen-bond donors (Lipinski definition) is 0. The highest BCUT2D eigenvalue weighted by Gasteiger charge is 2.52. The van der Waals surface area contributed by atoms with Gasteiger partial charge in [-0.3, -0.25) is 9.59 Å². The highest BCUT2D eigenvalue weighted by Crippen LogP contribution is 2.65. The summed E-state index contributed by atoms with van der Waals surface area (Å²) in [6, 6.07) is 15.1. The van der Waals surface area contributed by atoms with Crippen molar-refractivity contribution in [1.82, 2.24) is 0 Å². The lowest BCUT2D eigenvalue weighted by atomic mass is 9.77. The van der Waals surface area contributed by atoms with Crippen molar-refractivity contribution in [3.63, 3.8) is 0 Å². The number of Topliss-reactive ketones (excluding diaryl/α,β-unsaturated/α-hetero) is 2. The lowest BCUT2D eigenvalue weighted by Gasteiger charge is -2.25. The van der Waals surface area contributed by atoms with E-state index < -0.39 is 40.0 Å². The van der Waals surface area contributed by atoms with Gasteiger partial charge in [-0.15, -0.1) is 22.7 Å². The van der Waals surface area contributed by atoms with E-state index in [9.17, 15) is 43.8 Å². The standard InChI is InChI=1S/C40H21F3N6O2S2/c1-16-4-21-23(6-27(16)41)36(50)34(32(21)19(12-44)13-45)48-30-8-25-38(52-30)39-26(40(25)10-17(2)18(3)11-40)9-31(53-39)49-35-33(20(14-46)15-47)22-5-28(42)29(43)7-24(22)37(35)51/h4-9,17-18H,10-11H2,1-3H3/t17-,18-/m0/s1. The topological polar surface area (TPSA) is 154 Å². The van der Waals surface area contributed by atoms with Crippen LogP contribution in [0, 0.1) is 81.5 Å². The van der Waals surface area contributed by atoms with Gasteiger partial charge in [0.1, 0.15) is 62.7 Å². The number of fused-ring (bicyclic) bond motifs is 7. The summed E-state index contributed by atoms with van der Waals surface area (Å²) < 4.78 is 43.2. The first-order valence-electron chi connectivity index (χ1n) is 16.3. The van der Waals surface area contributed by atoms with Crippen LogP contribution >= 0.6 is 22.7 Å². The van der Waals surface area contributed by atoms with Crippen molar-refractivity contribution < 1.29 is 22.8 Å². The zero-order chi connectivity index (χ0) is 37.7. The number of nitrogens with zero attached hydrogens (tertiary/aromatic N) is 6. The van der Waals surface area contributed by atoms with Gasteiger partial charge in [0.15, 0.2) is 11.6 Å². The molecule has 2 aromatic heterocycles. The van der Waals surface area contributed by atoms with Gasteiger partial charge in [-0.05, 0) is 90.3 Å². The molecule has 4 aliphatic rings. The van der Waals surface area contributed by atoms with E-state index in [1.54, 1.807) is 12.1 Å². The monoisotopic (exact) mass is 738 g/mol. The zero-order valence-electron chi connectivity index (χ0n) is 28.0. The van der Waals surface area contributed by atoms with Gasteiger partial charge in [0.25, 0.3) is 0 Å². The second-order valence-electron chi connectivity index (χ2n) is 13.6. The van der Waals surface area contributed by atoms with Crippen LogP contribution in [-0.2, 0) is 5.41 Å². The van der Waals surface area contributed by atoms with Crippen LogP contribution < -0.4 is 0 Å². The molecular weight excluding hydrogens is 718 g/mol. The lowest BCUT2D eigenvalue weighted by molar-refractivity contribution is 0.106. The van der Waals surface area contributed by atoms with Gasteiger partial charge >= 0.3 is 0 Å². The van der Waals surface area contributed by atoms with E-state index in [0.29, 0.717) is 21.8 Å². The molecule has 4 aromatic rings. The van der Waals surface area contributed by atoms with Crippen molar-refractivity contribution in [2.24, 2.45) is 21.8 Å². The number of carbonyl (C=O) groups excluding carboxylic acids is 2. The third-order valence-corrected chi connectivity index (χ3v) is 12.9. The molecule has 0 aliphatic heterocycles. The fourth-order valence-electron chi connectivity index (χ4n) is 8.05. The number of benzene rings is 2. The van der Waals surface area contributed by atoms with Crippen LogP contribution in [0.1, 0.15) is 75.2 Å². The summed E-state index contributed by atoms with van der Waals surface area (Å²) >= 11 is 2.58. The molecule has 0 radical (unpaired) electrons. The Hall–Kier alpha value is -6.25. The minimum atomic E-state index is -1.25. The second kappa shape index (κ2) is 11.9. The summed E-state index contributed by atoms with van der Waals surface area (Å²) in [5.41, 5.74) is 0.494. The van der Waals surface area contributed by atoms with Crippen LogP contribution in [0.15, 0.2) is 57.5 Å². The molecule has 0 saturated heterocycles. The quantitative estimate of drug-likeness (QED) is 0.187. The Morgan fingerprint density at radius 2 is 1.06 bits per heavy atom. The predicted molar refractivity (Wildman–Crippen MR) is 193 cm³/mol. The number of hydrogen-bond acceptors (Lipinski definition) is 10. The van der Waals surface area contributed by atoms with E-state index in [1.807, 2.05) is 24.3 Å². The number of allylic oxidation sites excluding steroid dienone is 4. The van der Waals surface area contributed by atoms with Crippen molar-refractivity contribution in [2.45, 2.75) is 39.0 Å². The van der Waals surface area contributed by atoms with Crippen molar-refractivity contribution >= 4 is 66.8 Å². The molecule has 4 aliphatic carbocycles. The number of thiophene rings is 2. The van der Waals surface area contributed by atoms with Crippen LogP contribution in [0.4, 0.5) is 23.2 Å². The molecule has 8 rings (SSSR count). The van der Waals surface area contributed by atoms with E-state index in [2.05, 4.69) is 18.8 Å². The van der Waals surface area contributed by atoms with Gasteiger partial charge in [-0.25, -0.2) is 23.2 Å². The summed E-state index contributed by atoms with van der Waals surface area (Å²) in [5, 5.41) is 39.9. The molecule has 2 heterocycles. The fraction of sp³-hybridized carbons (Fsp3) is 0.200. The summed E-state index contributed by atoms with van der Waals surface area (Å²) in [7, 11) is 0. The van der Waals surface area contributed by atoms with Crippen LogP contribution in [0.5, 0.6) is 0 Å². The second-order valence-corrected chi connectivity index (χ2v) is 15.6.